The lowest BCUT2D eigenvalue weighted by Crippen LogP contribution is -2.34. The molecule has 0 amide bonds. The molecule has 1 heterocycles. The summed E-state index contributed by atoms with van der Waals surface area (Å²) < 4.78 is 2.19. The van der Waals surface area contributed by atoms with Gasteiger partial charge in [-0.05, 0) is 31.7 Å². The fourth-order valence-electron chi connectivity index (χ4n) is 2.53. The number of hydrogen-bond donors (Lipinski definition) is 0. The number of hydrogen-bond acceptors (Lipinski definition) is 2. The van der Waals surface area contributed by atoms with Crippen molar-refractivity contribution in [3.8, 4) is 5.69 Å². The molecular weight excluding hydrogens is 262 g/mol. The summed E-state index contributed by atoms with van der Waals surface area (Å²) in [6.45, 7) is 2.13. The van der Waals surface area contributed by atoms with E-state index in [4.69, 9.17) is 0 Å². The summed E-state index contributed by atoms with van der Waals surface area (Å²) in [5.74, 6) is -0.951. The van der Waals surface area contributed by atoms with Crippen LogP contribution in [0.3, 0.4) is 0 Å². The molecule has 1 aromatic carbocycles. The number of unbranched alkanes of at least 4 members (excludes halogenated alkanes) is 2. The molecule has 0 saturated heterocycles. The van der Waals surface area contributed by atoms with E-state index in [0.717, 1.165) is 24.9 Å². The Labute approximate surface area is 125 Å². The Kier molecular flexibility index (Phi) is 5.50. The second-order valence-electron chi connectivity index (χ2n) is 5.26. The molecule has 0 N–H and O–H groups in total. The van der Waals surface area contributed by atoms with Crippen molar-refractivity contribution in [3.05, 3.63) is 59.9 Å². The largest absolute Gasteiger partial charge is 0.550 e. The van der Waals surface area contributed by atoms with Gasteiger partial charge in [-0.3, -0.25) is 0 Å². The maximum atomic E-state index is 10.4. The average molecular weight is 283 g/mol. The van der Waals surface area contributed by atoms with Gasteiger partial charge in [0.05, 0.1) is 0 Å². The molecule has 1 aromatic heterocycles. The van der Waals surface area contributed by atoms with Crippen molar-refractivity contribution in [2.45, 2.75) is 39.0 Å². The molecule has 0 saturated carbocycles. The molecule has 0 bridgehead atoms. The molecule has 3 heteroatoms. The molecule has 110 valence electrons. The first kappa shape index (κ1) is 15.2. The summed E-state index contributed by atoms with van der Waals surface area (Å²) in [5, 5.41) is 10.4. The molecule has 0 radical (unpaired) electrons. The third-order valence-corrected chi connectivity index (χ3v) is 3.72. The van der Waals surface area contributed by atoms with Crippen LogP contribution in [0.15, 0.2) is 48.7 Å². The number of carboxylic acid groups (broad SMARTS) is 1. The molecule has 0 aliphatic heterocycles. The van der Waals surface area contributed by atoms with Crippen LogP contribution in [0.5, 0.6) is 0 Å². The average Bonchev–Trinajstić information content (AvgIpc) is 2.49. The zero-order chi connectivity index (χ0) is 15.1. The zero-order valence-electron chi connectivity index (χ0n) is 12.4. The van der Waals surface area contributed by atoms with E-state index in [-0.39, 0.29) is 6.42 Å². The van der Waals surface area contributed by atoms with E-state index in [2.05, 4.69) is 42.0 Å². The Hall–Kier alpha value is -2.16. The van der Waals surface area contributed by atoms with Crippen LogP contribution in [0.4, 0.5) is 0 Å². The van der Waals surface area contributed by atoms with Gasteiger partial charge in [-0.1, -0.05) is 24.6 Å². The van der Waals surface area contributed by atoms with Crippen LogP contribution < -0.4 is 9.67 Å². The highest BCUT2D eigenvalue weighted by Crippen LogP contribution is 2.11. The molecule has 21 heavy (non-hydrogen) atoms. The fraction of sp³-hybridized carbons (Fsp3) is 0.333. The van der Waals surface area contributed by atoms with E-state index in [9.17, 15) is 9.90 Å². The van der Waals surface area contributed by atoms with Crippen molar-refractivity contribution >= 4 is 5.97 Å². The smallest absolute Gasteiger partial charge is 0.210 e. The van der Waals surface area contributed by atoms with Gasteiger partial charge in [0.2, 0.25) is 5.69 Å². The summed E-state index contributed by atoms with van der Waals surface area (Å²) >= 11 is 0. The number of carboxylic acids is 1. The quantitative estimate of drug-likeness (QED) is 0.577. The van der Waals surface area contributed by atoms with E-state index < -0.39 is 5.97 Å². The van der Waals surface area contributed by atoms with E-state index >= 15 is 0 Å². The summed E-state index contributed by atoms with van der Waals surface area (Å²) in [4.78, 5) is 10.4. The highest BCUT2D eigenvalue weighted by Gasteiger charge is 2.12. The minimum atomic E-state index is -0.951. The van der Waals surface area contributed by atoms with Crippen molar-refractivity contribution in [3.63, 3.8) is 0 Å². The minimum Gasteiger partial charge on any atom is -0.550 e. The highest BCUT2D eigenvalue weighted by molar-refractivity contribution is 5.64. The van der Waals surface area contributed by atoms with Crippen LogP contribution in [0.1, 0.15) is 36.9 Å². The van der Waals surface area contributed by atoms with Crippen LogP contribution in [-0.4, -0.2) is 5.97 Å². The van der Waals surface area contributed by atoms with Gasteiger partial charge in [0.25, 0.3) is 0 Å². The van der Waals surface area contributed by atoms with Crippen molar-refractivity contribution in [2.75, 3.05) is 0 Å². The summed E-state index contributed by atoms with van der Waals surface area (Å²) in [6.07, 6.45) is 5.85. The van der Waals surface area contributed by atoms with Crippen LogP contribution in [-0.2, 0) is 11.2 Å². The standard InChI is InChI=1S/C18H21NO2/c1-15-16(9-4-2-7-13-18(20)21)10-8-14-19(15)17-11-5-3-6-12-17/h3,5-6,8,10-12,14H,2,4,7,9,13H2,1H3. The fourth-order valence-corrected chi connectivity index (χ4v) is 2.53. The number of carbonyl (C=O) groups excluding carboxylic acids is 1. The van der Waals surface area contributed by atoms with Crippen molar-refractivity contribution in [1.29, 1.82) is 0 Å². The second kappa shape index (κ2) is 7.58. The van der Waals surface area contributed by atoms with E-state index in [1.165, 1.54) is 11.3 Å². The Morgan fingerprint density at radius 2 is 1.81 bits per heavy atom. The zero-order valence-corrected chi connectivity index (χ0v) is 12.4. The molecule has 2 aromatic rings. The maximum absolute atomic E-state index is 10.4. The molecule has 3 nitrogen and oxygen atoms in total. The molecule has 0 atom stereocenters. The number of aromatic nitrogens is 1. The molecule has 2 rings (SSSR count). The number of benzene rings is 1. The Bertz CT molecular complexity index is 593. The van der Waals surface area contributed by atoms with E-state index in [0.29, 0.717) is 6.42 Å². The van der Waals surface area contributed by atoms with Gasteiger partial charge in [-0.15, -0.1) is 0 Å². The predicted octanol–water partition coefficient (Wildman–Crippen LogP) is 2.12. The van der Waals surface area contributed by atoms with Gasteiger partial charge in [0, 0.05) is 36.7 Å². The third-order valence-electron chi connectivity index (χ3n) is 3.72. The Morgan fingerprint density at radius 1 is 1.05 bits per heavy atom. The molecule has 0 unspecified atom stereocenters. The number of pyridine rings is 1. The second-order valence-corrected chi connectivity index (χ2v) is 5.26. The first-order chi connectivity index (χ1) is 10.2. The molecule has 0 aliphatic rings. The molecular formula is C18H21NO2. The van der Waals surface area contributed by atoms with Gasteiger partial charge in [-0.25, -0.2) is 0 Å². The number of aryl methyl sites for hydroxylation is 1. The van der Waals surface area contributed by atoms with E-state index in [1.807, 2.05) is 18.2 Å². The van der Waals surface area contributed by atoms with Crippen molar-refractivity contribution in [1.82, 2.24) is 0 Å². The molecule has 0 aliphatic carbocycles. The normalized spacial score (nSPS) is 10.5. The first-order valence-electron chi connectivity index (χ1n) is 7.44. The lowest BCUT2D eigenvalue weighted by molar-refractivity contribution is -0.603. The lowest BCUT2D eigenvalue weighted by Gasteiger charge is -2.06. The number of rotatable bonds is 7. The maximum Gasteiger partial charge on any atom is 0.210 e. The third kappa shape index (κ3) is 4.42. The summed E-state index contributed by atoms with van der Waals surface area (Å²) in [6, 6.07) is 14.5. The SMILES string of the molecule is Cc1c(CCCCCC(=O)[O-])ccc[n+]1-c1ccccc1. The van der Waals surface area contributed by atoms with Crippen LogP contribution in [0.25, 0.3) is 5.69 Å². The van der Waals surface area contributed by atoms with Crippen molar-refractivity contribution in [2.24, 2.45) is 0 Å². The van der Waals surface area contributed by atoms with Gasteiger partial charge in [0.1, 0.15) is 0 Å². The van der Waals surface area contributed by atoms with Crippen LogP contribution in [0.2, 0.25) is 0 Å². The number of carbonyl (C=O) groups is 1. The highest BCUT2D eigenvalue weighted by atomic mass is 16.4. The molecule has 0 spiro atoms. The minimum absolute atomic E-state index is 0.164. The summed E-state index contributed by atoms with van der Waals surface area (Å²) in [5.41, 5.74) is 3.72. The van der Waals surface area contributed by atoms with Gasteiger partial charge in [-0.2, -0.15) is 4.57 Å². The number of para-hydroxylation sites is 1. The van der Waals surface area contributed by atoms with Gasteiger partial charge >= 0.3 is 0 Å². The van der Waals surface area contributed by atoms with Crippen LogP contribution in [0, 0.1) is 6.92 Å². The first-order valence-corrected chi connectivity index (χ1v) is 7.44. The molecule has 0 fully saturated rings. The summed E-state index contributed by atoms with van der Waals surface area (Å²) in [7, 11) is 0. The monoisotopic (exact) mass is 283 g/mol. The van der Waals surface area contributed by atoms with Gasteiger partial charge < -0.3 is 9.90 Å². The number of nitrogens with zero attached hydrogens (tertiary/aromatic N) is 1. The van der Waals surface area contributed by atoms with Gasteiger partial charge in [0.15, 0.2) is 11.9 Å². The predicted molar refractivity (Wildman–Crippen MR) is 79.9 cm³/mol. The Morgan fingerprint density at radius 3 is 2.52 bits per heavy atom. The van der Waals surface area contributed by atoms with Crippen molar-refractivity contribution < 1.29 is 14.5 Å². The van der Waals surface area contributed by atoms with Crippen LogP contribution >= 0.6 is 0 Å². The Balaban J connectivity index is 2.00. The number of aliphatic carboxylic acids is 1. The lowest BCUT2D eigenvalue weighted by atomic mass is 10.0. The van der Waals surface area contributed by atoms with E-state index in [1.54, 1.807) is 0 Å². The topological polar surface area (TPSA) is 44.0 Å².